The van der Waals surface area contributed by atoms with Gasteiger partial charge in [0.05, 0.1) is 6.16 Å². The Bertz CT molecular complexity index is 205. The topological polar surface area (TPSA) is 94.8 Å². The predicted octanol–water partition coefficient (Wildman–Crippen LogP) is -1.07. The standard InChI is InChI=1S/C3H5O5PS/c4-2(3(5)6)1-9(7,8)10/h1H2,(H,5,6)(H2,7,8,10)/i4+2,7+2. The summed E-state index contributed by atoms with van der Waals surface area (Å²) in [6.07, 6.45) is -0.863. The molecule has 58 valence electrons. The maximum absolute atomic E-state index is 10.2. The fraction of sp³-hybridized carbons (Fsp3) is 0.333. The van der Waals surface area contributed by atoms with Crippen LogP contribution in [-0.4, -0.2) is 32.8 Å². The number of ketones is 1. The highest BCUT2D eigenvalue weighted by atomic mass is 32.5. The highest BCUT2D eigenvalue weighted by Gasteiger charge is 2.19. The van der Waals surface area contributed by atoms with Crippen LogP contribution in [0.4, 0.5) is 0 Å². The van der Waals surface area contributed by atoms with Crippen LogP contribution in [0.5, 0.6) is 0 Å². The molecule has 5 nitrogen and oxygen atoms in total. The van der Waals surface area contributed by atoms with Gasteiger partial charge < -0.3 is 14.9 Å². The van der Waals surface area contributed by atoms with Gasteiger partial charge in [-0.2, -0.15) is 0 Å². The molecule has 0 rings (SSSR count). The summed E-state index contributed by atoms with van der Waals surface area (Å²) in [6.45, 7) is -3.67. The normalized spacial score (nSPS) is 15.8. The van der Waals surface area contributed by atoms with Crippen LogP contribution >= 0.6 is 6.49 Å². The molecule has 0 heterocycles. The summed E-state index contributed by atoms with van der Waals surface area (Å²) in [5.74, 6) is -2.97. The van der Waals surface area contributed by atoms with Crippen LogP contribution in [0.1, 0.15) is 0 Å². The number of carbonyl (C=O) groups excluding carboxylic acids is 1. The number of aliphatic carboxylic acids is 1. The van der Waals surface area contributed by atoms with E-state index in [0.717, 1.165) is 0 Å². The summed E-state index contributed by atoms with van der Waals surface area (Å²) < 4.78 is 0. The van der Waals surface area contributed by atoms with Crippen LogP contribution in [-0.2, 0) is 21.4 Å². The monoisotopic (exact) mass is 188 g/mol. The number of rotatable bonds is 3. The van der Waals surface area contributed by atoms with Crippen molar-refractivity contribution >= 4 is 30.1 Å². The molecule has 0 aliphatic heterocycles. The van der Waals surface area contributed by atoms with E-state index < -0.39 is 24.4 Å². The number of hydrogen-bond acceptors (Lipinski definition) is 3. The van der Waals surface area contributed by atoms with Gasteiger partial charge in [0.1, 0.15) is 0 Å². The van der Waals surface area contributed by atoms with Gasteiger partial charge in [-0.15, -0.1) is 0 Å². The lowest BCUT2D eigenvalue weighted by molar-refractivity contribution is -0.147. The Morgan fingerprint density at radius 2 is 2.20 bits per heavy atom. The molecular weight excluding hydrogens is 183 g/mol. The summed E-state index contributed by atoms with van der Waals surface area (Å²) in [4.78, 5) is 36.8. The van der Waals surface area contributed by atoms with Crippen molar-refractivity contribution in [2.24, 2.45) is 0 Å². The average molecular weight is 188 g/mol. The SMILES string of the molecule is O=C(O)C(=[18O])CP(O)([18OH])=S. The van der Waals surface area contributed by atoms with Gasteiger partial charge in [-0.25, -0.2) is 4.79 Å². The van der Waals surface area contributed by atoms with E-state index in [9.17, 15) is 9.59 Å². The van der Waals surface area contributed by atoms with E-state index in [-0.39, 0.29) is 0 Å². The van der Waals surface area contributed by atoms with E-state index in [1.807, 2.05) is 0 Å². The molecule has 0 saturated heterocycles. The van der Waals surface area contributed by atoms with Crippen molar-refractivity contribution in [3.05, 3.63) is 0 Å². The van der Waals surface area contributed by atoms with E-state index in [1.165, 1.54) is 0 Å². The van der Waals surface area contributed by atoms with Crippen molar-refractivity contribution in [3.63, 3.8) is 0 Å². The van der Waals surface area contributed by atoms with Gasteiger partial charge in [0.25, 0.3) is 0 Å². The second-order valence-corrected chi connectivity index (χ2v) is 4.95. The smallest absolute Gasteiger partial charge is 0.372 e. The summed E-state index contributed by atoms with van der Waals surface area (Å²) in [7, 11) is 0. The molecule has 0 fully saturated rings. The van der Waals surface area contributed by atoms with Gasteiger partial charge in [0.15, 0.2) is 6.49 Å². The summed E-state index contributed by atoms with van der Waals surface area (Å²) >= 11 is 4.02. The molecule has 1 atom stereocenters. The van der Waals surface area contributed by atoms with Gasteiger partial charge in [-0.1, -0.05) is 0 Å². The Morgan fingerprint density at radius 3 is 2.30 bits per heavy atom. The molecule has 0 radical (unpaired) electrons. The second-order valence-electron chi connectivity index (χ2n) is 1.55. The molecule has 0 aromatic heterocycles. The van der Waals surface area contributed by atoms with E-state index in [0.29, 0.717) is 0 Å². The molecular formula is C3H5O5PS. The lowest BCUT2D eigenvalue weighted by Crippen LogP contribution is -2.16. The molecule has 10 heavy (non-hydrogen) atoms. The Morgan fingerprint density at radius 1 is 1.80 bits per heavy atom. The van der Waals surface area contributed by atoms with E-state index in [1.54, 1.807) is 0 Å². The van der Waals surface area contributed by atoms with Crippen molar-refractivity contribution in [1.29, 1.82) is 0 Å². The maximum Gasteiger partial charge on any atom is 0.372 e. The first-order chi connectivity index (χ1) is 4.33. The minimum absolute atomic E-state index is 0.863. The zero-order valence-corrected chi connectivity index (χ0v) is 6.43. The second kappa shape index (κ2) is 3.21. The summed E-state index contributed by atoms with van der Waals surface area (Å²) in [6, 6.07) is 0. The van der Waals surface area contributed by atoms with E-state index in [4.69, 9.17) is 14.9 Å². The molecule has 0 aliphatic rings. The molecule has 0 saturated carbocycles. The largest absolute Gasteiger partial charge is 0.475 e. The number of carboxylic acids is 1. The first-order valence-corrected chi connectivity index (χ1v) is 5.03. The third-order valence-electron chi connectivity index (χ3n) is 0.588. The zero-order valence-electron chi connectivity index (χ0n) is 4.72. The van der Waals surface area contributed by atoms with Gasteiger partial charge in [0.2, 0.25) is 5.78 Å². The van der Waals surface area contributed by atoms with Crippen LogP contribution in [0.15, 0.2) is 0 Å². The van der Waals surface area contributed by atoms with Crippen LogP contribution in [0.2, 0.25) is 0 Å². The molecule has 0 aromatic carbocycles. The Hall–Kier alpha value is -0.290. The number of hydrogen-bond donors (Lipinski definition) is 3. The highest BCUT2D eigenvalue weighted by Crippen LogP contribution is 2.34. The lowest BCUT2D eigenvalue weighted by Gasteiger charge is -2.01. The van der Waals surface area contributed by atoms with Gasteiger partial charge in [-0.05, 0) is 11.8 Å². The molecule has 3 N–H and O–H groups in total. The summed E-state index contributed by atoms with van der Waals surface area (Å²) in [5.41, 5.74) is 0. The first kappa shape index (κ1) is 9.71. The minimum Gasteiger partial charge on any atom is -0.475 e. The third kappa shape index (κ3) is 4.58. The maximum atomic E-state index is 10.2. The summed E-state index contributed by atoms with van der Waals surface area (Å²) in [5, 5.41) is 7.95. The Labute approximate surface area is 61.5 Å². The quantitative estimate of drug-likeness (QED) is 0.296. The fourth-order valence-electron chi connectivity index (χ4n) is 0.255. The van der Waals surface area contributed by atoms with Crippen molar-refractivity contribution < 1.29 is 24.5 Å². The Balaban J connectivity index is 4.07. The van der Waals surface area contributed by atoms with Crippen LogP contribution in [0.25, 0.3) is 0 Å². The molecule has 0 aromatic rings. The van der Waals surface area contributed by atoms with Crippen molar-refractivity contribution in [2.75, 3.05) is 6.16 Å². The average Bonchev–Trinajstić information content (AvgIpc) is 1.60. The fourth-order valence-corrected chi connectivity index (χ4v) is 1.12. The van der Waals surface area contributed by atoms with Gasteiger partial charge in [0, 0.05) is 0 Å². The zero-order chi connectivity index (χ0) is 8.36. The number of carboxylic acid groups (broad SMARTS) is 1. The molecule has 0 spiro atoms. The first-order valence-electron chi connectivity index (χ1n) is 2.13. The lowest BCUT2D eigenvalue weighted by atomic mass is 10.5. The predicted molar refractivity (Wildman–Crippen MR) is 36.2 cm³/mol. The molecule has 0 amide bonds. The molecule has 0 aliphatic carbocycles. The van der Waals surface area contributed by atoms with Crippen molar-refractivity contribution in [2.45, 2.75) is 0 Å². The highest BCUT2D eigenvalue weighted by molar-refractivity contribution is 8.09. The van der Waals surface area contributed by atoms with Crippen LogP contribution < -0.4 is 0 Å². The van der Waals surface area contributed by atoms with Gasteiger partial charge in [-0.3, -0.25) is 4.79 Å². The van der Waals surface area contributed by atoms with Gasteiger partial charge >= 0.3 is 5.97 Å². The van der Waals surface area contributed by atoms with E-state index >= 15 is 0 Å². The molecule has 1 unspecified atom stereocenters. The number of carbonyl (C=O) groups is 2. The van der Waals surface area contributed by atoms with Crippen LogP contribution in [0.3, 0.4) is 0 Å². The van der Waals surface area contributed by atoms with Crippen molar-refractivity contribution in [3.8, 4) is 0 Å². The number of Topliss-reactive ketones (excluding diaryl/α,β-unsaturated/α-hetero) is 1. The van der Waals surface area contributed by atoms with Crippen LogP contribution in [0, 0.1) is 0 Å². The third-order valence-corrected chi connectivity index (χ3v) is 1.67. The Kier molecular flexibility index (Phi) is 3.11. The minimum atomic E-state index is -3.67. The van der Waals surface area contributed by atoms with E-state index in [2.05, 4.69) is 11.8 Å². The molecule has 7 heteroatoms. The van der Waals surface area contributed by atoms with Crippen molar-refractivity contribution in [1.82, 2.24) is 0 Å². The molecule has 0 bridgehead atoms.